The second kappa shape index (κ2) is 8.98. The van der Waals surface area contributed by atoms with Gasteiger partial charge in [0, 0.05) is 38.8 Å². The highest BCUT2D eigenvalue weighted by molar-refractivity contribution is 5.95. The van der Waals surface area contributed by atoms with Crippen LogP contribution < -0.4 is 10.9 Å². The van der Waals surface area contributed by atoms with Crippen molar-refractivity contribution >= 4 is 11.8 Å². The molecule has 0 radical (unpaired) electrons. The van der Waals surface area contributed by atoms with Gasteiger partial charge >= 0.3 is 6.18 Å². The van der Waals surface area contributed by atoms with Crippen LogP contribution in [0, 0.1) is 0 Å². The number of fused-ring (bicyclic) bond motifs is 1. The number of aromatic nitrogens is 1. The molecule has 1 aromatic rings. The predicted octanol–water partition coefficient (Wildman–Crippen LogP) is 1.43. The van der Waals surface area contributed by atoms with Crippen LogP contribution >= 0.6 is 0 Å². The number of halogens is 3. The minimum atomic E-state index is -4.38. The maximum absolute atomic E-state index is 12.6. The standard InChI is InChI=1S/C19H25F3N4O3/c20-19(21,22)5-3-15(27)26-9-4-14-13(12-26)11-24-18(29)16(14)17(28)23-6-10-25-7-1-2-8-25/h11H,1-10,12H2,(H,23,28)(H,24,29). The number of carbonyl (C=O) groups is 2. The van der Waals surface area contributed by atoms with E-state index in [4.69, 9.17) is 0 Å². The van der Waals surface area contributed by atoms with E-state index < -0.39 is 36.4 Å². The first-order valence-electron chi connectivity index (χ1n) is 9.83. The Morgan fingerprint density at radius 1 is 1.17 bits per heavy atom. The molecule has 160 valence electrons. The fourth-order valence-electron chi connectivity index (χ4n) is 3.85. The number of nitrogens with one attached hydrogen (secondary N) is 2. The lowest BCUT2D eigenvalue weighted by Crippen LogP contribution is -2.41. The van der Waals surface area contributed by atoms with Gasteiger partial charge in [0.1, 0.15) is 5.56 Å². The van der Waals surface area contributed by atoms with Crippen LogP contribution in [-0.4, -0.2) is 65.5 Å². The first-order chi connectivity index (χ1) is 13.7. The highest BCUT2D eigenvalue weighted by Gasteiger charge is 2.31. The molecule has 2 aliphatic heterocycles. The second-order valence-corrected chi connectivity index (χ2v) is 7.48. The Labute approximate surface area is 166 Å². The Balaban J connectivity index is 1.64. The van der Waals surface area contributed by atoms with Crippen molar-refractivity contribution in [2.24, 2.45) is 0 Å². The summed E-state index contributed by atoms with van der Waals surface area (Å²) in [6.07, 6.45) is -2.16. The molecule has 10 heteroatoms. The molecule has 1 fully saturated rings. The third-order valence-corrected chi connectivity index (χ3v) is 5.40. The van der Waals surface area contributed by atoms with Crippen molar-refractivity contribution in [3.8, 4) is 0 Å². The lowest BCUT2D eigenvalue weighted by atomic mass is 9.96. The zero-order valence-electron chi connectivity index (χ0n) is 16.1. The van der Waals surface area contributed by atoms with Crippen molar-refractivity contribution in [3.63, 3.8) is 0 Å². The second-order valence-electron chi connectivity index (χ2n) is 7.48. The first-order valence-corrected chi connectivity index (χ1v) is 9.83. The average Bonchev–Trinajstić information content (AvgIpc) is 3.18. The molecule has 0 saturated carbocycles. The summed E-state index contributed by atoms with van der Waals surface area (Å²) in [4.78, 5) is 43.0. The highest BCUT2D eigenvalue weighted by atomic mass is 19.4. The molecular weight excluding hydrogens is 389 g/mol. The number of likely N-dealkylation sites (tertiary alicyclic amines) is 1. The molecule has 7 nitrogen and oxygen atoms in total. The summed E-state index contributed by atoms with van der Waals surface area (Å²) >= 11 is 0. The molecule has 3 rings (SSSR count). The molecule has 0 atom stereocenters. The van der Waals surface area contributed by atoms with Gasteiger partial charge in [0.25, 0.3) is 11.5 Å². The Kier molecular flexibility index (Phi) is 6.61. The number of hydrogen-bond acceptors (Lipinski definition) is 4. The van der Waals surface area contributed by atoms with Gasteiger partial charge in [0.05, 0.1) is 6.42 Å². The normalized spacial score (nSPS) is 17.3. The Morgan fingerprint density at radius 2 is 1.90 bits per heavy atom. The van der Waals surface area contributed by atoms with E-state index in [2.05, 4.69) is 15.2 Å². The van der Waals surface area contributed by atoms with Crippen LogP contribution in [-0.2, 0) is 17.8 Å². The van der Waals surface area contributed by atoms with Crippen LogP contribution in [0.4, 0.5) is 13.2 Å². The van der Waals surface area contributed by atoms with Gasteiger partial charge in [-0.25, -0.2) is 0 Å². The maximum atomic E-state index is 12.6. The summed E-state index contributed by atoms with van der Waals surface area (Å²) in [5.41, 5.74) is 0.679. The zero-order valence-corrected chi connectivity index (χ0v) is 16.1. The van der Waals surface area contributed by atoms with Gasteiger partial charge in [0.15, 0.2) is 0 Å². The van der Waals surface area contributed by atoms with Crippen molar-refractivity contribution in [1.82, 2.24) is 20.1 Å². The number of H-pyrrole nitrogens is 1. The third kappa shape index (κ3) is 5.59. The van der Waals surface area contributed by atoms with E-state index in [0.717, 1.165) is 32.5 Å². The van der Waals surface area contributed by atoms with Crippen LogP contribution in [0.25, 0.3) is 0 Å². The number of rotatable bonds is 6. The van der Waals surface area contributed by atoms with E-state index in [9.17, 15) is 27.6 Å². The van der Waals surface area contributed by atoms with Gasteiger partial charge in [0.2, 0.25) is 5.91 Å². The molecular formula is C19H25F3N4O3. The largest absolute Gasteiger partial charge is 0.389 e. The third-order valence-electron chi connectivity index (χ3n) is 5.40. The van der Waals surface area contributed by atoms with E-state index >= 15 is 0 Å². The smallest absolute Gasteiger partial charge is 0.351 e. The molecule has 3 heterocycles. The van der Waals surface area contributed by atoms with Gasteiger partial charge in [-0.3, -0.25) is 14.4 Å². The number of hydrogen-bond donors (Lipinski definition) is 2. The molecule has 1 saturated heterocycles. The number of aromatic amines is 1. The molecule has 29 heavy (non-hydrogen) atoms. The number of nitrogens with zero attached hydrogens (tertiary/aromatic N) is 2. The van der Waals surface area contributed by atoms with Gasteiger partial charge in [-0.2, -0.15) is 13.2 Å². The summed E-state index contributed by atoms with van der Waals surface area (Å²) in [7, 11) is 0. The monoisotopic (exact) mass is 414 g/mol. The van der Waals surface area contributed by atoms with Crippen molar-refractivity contribution in [2.45, 2.75) is 44.8 Å². The number of pyridine rings is 1. The van der Waals surface area contributed by atoms with Crippen LogP contribution in [0.2, 0.25) is 0 Å². The molecule has 2 amide bonds. The molecule has 2 aliphatic rings. The minimum Gasteiger partial charge on any atom is -0.351 e. The summed E-state index contributed by atoms with van der Waals surface area (Å²) in [5, 5.41) is 2.78. The Hall–Kier alpha value is -2.36. The Morgan fingerprint density at radius 3 is 2.59 bits per heavy atom. The number of alkyl halides is 3. The van der Waals surface area contributed by atoms with Crippen molar-refractivity contribution in [2.75, 3.05) is 32.7 Å². The molecule has 1 aromatic heterocycles. The molecule has 0 aromatic carbocycles. The molecule has 0 unspecified atom stereocenters. The summed E-state index contributed by atoms with van der Waals surface area (Å²) in [6.45, 7) is 3.44. The van der Waals surface area contributed by atoms with Crippen molar-refractivity contribution in [3.05, 3.63) is 33.2 Å². The van der Waals surface area contributed by atoms with Crippen LogP contribution in [0.1, 0.15) is 47.2 Å². The van der Waals surface area contributed by atoms with E-state index in [1.165, 1.54) is 11.1 Å². The van der Waals surface area contributed by atoms with Crippen LogP contribution in [0.15, 0.2) is 11.0 Å². The van der Waals surface area contributed by atoms with Crippen molar-refractivity contribution in [1.29, 1.82) is 0 Å². The van der Waals surface area contributed by atoms with E-state index in [-0.39, 0.29) is 25.1 Å². The van der Waals surface area contributed by atoms with Crippen molar-refractivity contribution < 1.29 is 22.8 Å². The van der Waals surface area contributed by atoms with Crippen LogP contribution in [0.5, 0.6) is 0 Å². The quantitative estimate of drug-likeness (QED) is 0.738. The van der Waals surface area contributed by atoms with Gasteiger partial charge < -0.3 is 20.1 Å². The highest BCUT2D eigenvalue weighted by Crippen LogP contribution is 2.24. The minimum absolute atomic E-state index is 0.0336. The topological polar surface area (TPSA) is 85.5 Å². The maximum Gasteiger partial charge on any atom is 0.389 e. The average molecular weight is 414 g/mol. The summed E-state index contributed by atoms with van der Waals surface area (Å²) in [6, 6.07) is 0. The molecule has 0 aliphatic carbocycles. The van der Waals surface area contributed by atoms with Crippen LogP contribution in [0.3, 0.4) is 0 Å². The van der Waals surface area contributed by atoms with Gasteiger partial charge in [-0.1, -0.05) is 0 Å². The SMILES string of the molecule is O=C(NCCN1CCCC1)c1c2c(c[nH]c1=O)CN(C(=O)CCC(F)(F)F)CC2. The summed E-state index contributed by atoms with van der Waals surface area (Å²) < 4.78 is 37.1. The lowest BCUT2D eigenvalue weighted by Gasteiger charge is -2.30. The zero-order chi connectivity index (χ0) is 21.0. The number of amides is 2. The first kappa shape index (κ1) is 21.4. The summed E-state index contributed by atoms with van der Waals surface area (Å²) in [5.74, 6) is -1.05. The van der Waals surface area contributed by atoms with Gasteiger partial charge in [-0.05, 0) is 43.5 Å². The van der Waals surface area contributed by atoms with Gasteiger partial charge in [-0.15, -0.1) is 0 Å². The molecule has 0 spiro atoms. The Bertz CT molecular complexity index is 816. The van der Waals surface area contributed by atoms with E-state index in [1.807, 2.05) is 0 Å². The van der Waals surface area contributed by atoms with E-state index in [0.29, 0.717) is 17.7 Å². The fourth-order valence-corrected chi connectivity index (χ4v) is 3.85. The fraction of sp³-hybridized carbons (Fsp3) is 0.632. The number of carbonyl (C=O) groups excluding carboxylic acids is 2. The molecule has 2 N–H and O–H groups in total. The predicted molar refractivity (Wildman–Crippen MR) is 99.5 cm³/mol. The lowest BCUT2D eigenvalue weighted by molar-refractivity contribution is -0.149. The van der Waals surface area contributed by atoms with E-state index in [1.54, 1.807) is 0 Å². The molecule has 0 bridgehead atoms.